The first-order valence-electron chi connectivity index (χ1n) is 5.89. The van der Waals surface area contributed by atoms with Crippen LogP contribution < -0.4 is 0 Å². The highest BCUT2D eigenvalue weighted by Gasteiger charge is 2.31. The zero-order chi connectivity index (χ0) is 15.9. The van der Waals surface area contributed by atoms with Crippen LogP contribution in [0.15, 0.2) is 29.7 Å². The quantitative estimate of drug-likeness (QED) is 0.664. The van der Waals surface area contributed by atoms with Crippen LogP contribution in [0.1, 0.15) is 5.56 Å². The van der Waals surface area contributed by atoms with Gasteiger partial charge in [0.05, 0.1) is 16.3 Å². The molecular formula is C12H7ClF3N5S. The molecule has 3 rings (SSSR count). The summed E-state index contributed by atoms with van der Waals surface area (Å²) < 4.78 is 39.4. The van der Waals surface area contributed by atoms with E-state index in [4.69, 9.17) is 11.6 Å². The molecule has 0 spiro atoms. The van der Waals surface area contributed by atoms with Gasteiger partial charge in [0, 0.05) is 12.4 Å². The number of rotatable bonds is 2. The molecule has 0 fully saturated rings. The largest absolute Gasteiger partial charge is 0.417 e. The Bertz CT molecular complexity index is 848. The Balaban J connectivity index is 2.17. The van der Waals surface area contributed by atoms with Crippen LogP contribution in [-0.2, 0) is 6.18 Å². The number of fused-ring (bicyclic) bond motifs is 1. The Morgan fingerprint density at radius 1 is 1.27 bits per heavy atom. The lowest BCUT2D eigenvalue weighted by atomic mass is 10.2. The number of pyridine rings is 1. The molecule has 0 unspecified atom stereocenters. The van der Waals surface area contributed by atoms with E-state index < -0.39 is 11.7 Å². The number of alkyl halides is 3. The summed E-state index contributed by atoms with van der Waals surface area (Å²) in [7, 11) is 0. The molecule has 0 aliphatic heterocycles. The monoisotopic (exact) mass is 345 g/mol. The molecule has 0 amide bonds. The maximum absolute atomic E-state index is 12.7. The fraction of sp³-hybridized carbons (Fsp3) is 0.167. The molecule has 3 aromatic rings. The molecule has 0 saturated carbocycles. The second-order valence-electron chi connectivity index (χ2n) is 4.19. The van der Waals surface area contributed by atoms with Gasteiger partial charge in [-0.15, -0.1) is 5.10 Å². The molecule has 0 saturated heterocycles. The van der Waals surface area contributed by atoms with Crippen molar-refractivity contribution in [3.05, 3.63) is 35.1 Å². The first kappa shape index (κ1) is 15.0. The molecular weight excluding hydrogens is 339 g/mol. The van der Waals surface area contributed by atoms with E-state index >= 15 is 0 Å². The van der Waals surface area contributed by atoms with Gasteiger partial charge in [-0.3, -0.25) is 4.98 Å². The van der Waals surface area contributed by atoms with Gasteiger partial charge in [-0.05, 0) is 18.4 Å². The van der Waals surface area contributed by atoms with Crippen molar-refractivity contribution in [1.82, 2.24) is 24.6 Å². The average Bonchev–Trinajstić information content (AvgIpc) is 2.89. The normalized spacial score (nSPS) is 12.0. The van der Waals surface area contributed by atoms with Gasteiger partial charge in [0.1, 0.15) is 5.69 Å². The van der Waals surface area contributed by atoms with Gasteiger partial charge < -0.3 is 0 Å². The second kappa shape index (κ2) is 5.40. The number of halogens is 4. The van der Waals surface area contributed by atoms with Crippen molar-refractivity contribution in [2.45, 2.75) is 11.3 Å². The Morgan fingerprint density at radius 3 is 2.68 bits per heavy atom. The van der Waals surface area contributed by atoms with Gasteiger partial charge in [0.15, 0.2) is 0 Å². The molecule has 3 heterocycles. The Labute approximate surface area is 131 Å². The molecule has 0 aliphatic rings. The summed E-state index contributed by atoms with van der Waals surface area (Å²) in [6, 6.07) is 2.40. The maximum Gasteiger partial charge on any atom is 0.417 e. The van der Waals surface area contributed by atoms with Crippen molar-refractivity contribution in [3.63, 3.8) is 0 Å². The maximum atomic E-state index is 12.7. The number of aromatic nitrogens is 5. The first-order valence-corrected chi connectivity index (χ1v) is 7.49. The SMILES string of the molecule is CSc1nc2nccc(-c3ncc(C(F)(F)F)cc3Cl)n2n1. The van der Waals surface area contributed by atoms with Gasteiger partial charge >= 0.3 is 6.18 Å². The Hall–Kier alpha value is -1.87. The average molecular weight is 346 g/mol. The highest BCUT2D eigenvalue weighted by molar-refractivity contribution is 7.98. The van der Waals surface area contributed by atoms with E-state index in [9.17, 15) is 13.2 Å². The fourth-order valence-corrected chi connectivity index (χ4v) is 2.42. The summed E-state index contributed by atoms with van der Waals surface area (Å²) in [5, 5.41) is 4.57. The molecule has 0 bridgehead atoms. The van der Waals surface area contributed by atoms with Crippen LogP contribution in [0.2, 0.25) is 5.02 Å². The van der Waals surface area contributed by atoms with E-state index in [1.54, 1.807) is 12.3 Å². The van der Waals surface area contributed by atoms with Gasteiger partial charge in [-0.1, -0.05) is 23.4 Å². The molecule has 0 aromatic carbocycles. The molecule has 0 N–H and O–H groups in total. The number of nitrogens with zero attached hydrogens (tertiary/aromatic N) is 5. The van der Waals surface area contributed by atoms with E-state index in [0.717, 1.165) is 12.3 Å². The van der Waals surface area contributed by atoms with Crippen molar-refractivity contribution in [2.75, 3.05) is 6.26 Å². The van der Waals surface area contributed by atoms with Crippen LogP contribution in [0.3, 0.4) is 0 Å². The summed E-state index contributed by atoms with van der Waals surface area (Å²) in [5.74, 6) is 0.319. The van der Waals surface area contributed by atoms with Gasteiger partial charge in [0.2, 0.25) is 5.16 Å². The van der Waals surface area contributed by atoms with Crippen LogP contribution in [0, 0.1) is 0 Å². The third-order valence-corrected chi connectivity index (χ3v) is 3.64. The van der Waals surface area contributed by atoms with Crippen LogP contribution in [-0.4, -0.2) is 30.8 Å². The molecule has 5 nitrogen and oxygen atoms in total. The highest BCUT2D eigenvalue weighted by atomic mass is 35.5. The van der Waals surface area contributed by atoms with Gasteiger partial charge in [0.25, 0.3) is 5.78 Å². The fourth-order valence-electron chi connectivity index (χ4n) is 1.82. The predicted octanol–water partition coefficient (Wildman–Crippen LogP) is 3.58. The minimum atomic E-state index is -4.50. The zero-order valence-corrected chi connectivity index (χ0v) is 12.5. The summed E-state index contributed by atoms with van der Waals surface area (Å²) in [6.45, 7) is 0. The lowest BCUT2D eigenvalue weighted by Crippen LogP contribution is -2.06. The van der Waals surface area contributed by atoms with Crippen LogP contribution in [0.5, 0.6) is 0 Å². The number of thioether (sulfide) groups is 1. The molecule has 0 radical (unpaired) electrons. The second-order valence-corrected chi connectivity index (χ2v) is 5.37. The van der Waals surface area contributed by atoms with Crippen molar-refractivity contribution in [2.24, 2.45) is 0 Å². The van der Waals surface area contributed by atoms with Crippen LogP contribution >= 0.6 is 23.4 Å². The summed E-state index contributed by atoms with van der Waals surface area (Å²) in [4.78, 5) is 12.0. The van der Waals surface area contributed by atoms with Crippen LogP contribution in [0.4, 0.5) is 13.2 Å². The number of hydrogen-bond acceptors (Lipinski definition) is 5. The van der Waals surface area contributed by atoms with E-state index in [1.807, 2.05) is 0 Å². The summed E-state index contributed by atoms with van der Waals surface area (Å²) >= 11 is 7.28. The highest BCUT2D eigenvalue weighted by Crippen LogP contribution is 2.33. The minimum absolute atomic E-state index is 0.122. The van der Waals surface area contributed by atoms with E-state index in [0.29, 0.717) is 16.6 Å². The molecule has 3 aromatic heterocycles. The van der Waals surface area contributed by atoms with Crippen LogP contribution in [0.25, 0.3) is 17.2 Å². The Morgan fingerprint density at radius 2 is 2.05 bits per heavy atom. The Kier molecular flexibility index (Phi) is 3.69. The topological polar surface area (TPSA) is 56.0 Å². The lowest BCUT2D eigenvalue weighted by molar-refractivity contribution is -0.137. The summed E-state index contributed by atoms with van der Waals surface area (Å²) in [6.07, 6.45) is -0.487. The number of hydrogen-bond donors (Lipinski definition) is 0. The van der Waals surface area contributed by atoms with Gasteiger partial charge in [-0.25, -0.2) is 4.98 Å². The van der Waals surface area contributed by atoms with E-state index in [-0.39, 0.29) is 10.7 Å². The van der Waals surface area contributed by atoms with Crippen molar-refractivity contribution >= 4 is 29.1 Å². The molecule has 0 atom stereocenters. The summed E-state index contributed by atoms with van der Waals surface area (Å²) in [5.41, 5.74) is -0.314. The van der Waals surface area contributed by atoms with Gasteiger partial charge in [-0.2, -0.15) is 22.7 Å². The minimum Gasteiger partial charge on any atom is -0.252 e. The van der Waals surface area contributed by atoms with Crippen molar-refractivity contribution in [1.29, 1.82) is 0 Å². The molecule has 114 valence electrons. The lowest BCUT2D eigenvalue weighted by Gasteiger charge is -2.09. The standard InChI is InChI=1S/C12H7ClF3N5S/c1-22-11-19-10-17-3-2-8(21(10)20-11)9-7(13)4-6(5-18-9)12(14,15)16/h2-5H,1H3. The zero-order valence-electron chi connectivity index (χ0n) is 11.0. The van der Waals surface area contributed by atoms with Crippen molar-refractivity contribution in [3.8, 4) is 11.4 Å². The van der Waals surface area contributed by atoms with Crippen molar-refractivity contribution < 1.29 is 13.2 Å². The molecule has 0 aliphatic carbocycles. The van der Waals surface area contributed by atoms with E-state index in [2.05, 4.69) is 20.1 Å². The van der Waals surface area contributed by atoms with E-state index in [1.165, 1.54) is 22.5 Å². The predicted molar refractivity (Wildman–Crippen MR) is 75.8 cm³/mol. The molecule has 10 heteroatoms. The first-order chi connectivity index (χ1) is 10.4. The molecule has 22 heavy (non-hydrogen) atoms. The third-order valence-electron chi connectivity index (χ3n) is 2.81. The third kappa shape index (κ3) is 2.61. The smallest absolute Gasteiger partial charge is 0.252 e.